The van der Waals surface area contributed by atoms with Crippen LogP contribution in [0, 0.1) is 0 Å². The average molecular weight is 387 g/mol. The van der Waals surface area contributed by atoms with E-state index in [1.54, 1.807) is 29.5 Å². The minimum atomic E-state index is -1.07. The average Bonchev–Trinajstić information content (AvgIpc) is 3.07. The summed E-state index contributed by atoms with van der Waals surface area (Å²) in [5.74, 6) is -0.636. The molecule has 0 fully saturated rings. The first-order valence-electron chi connectivity index (χ1n) is 8.07. The van der Waals surface area contributed by atoms with Crippen LogP contribution in [-0.4, -0.2) is 34.1 Å². The molecule has 0 saturated carbocycles. The number of thiazole rings is 1. The number of carbonyl (C=O) groups is 1. The molecule has 6 nitrogen and oxygen atoms in total. The standard InChI is InChI=1S/C18H15ClN4O2S/c19-11-9-13(21-15-6-4-5-12(20-15)17(24)25)16-14(10-11)26-18(22-16)23-7-2-1-3-8-23/h1-2,4-6,9-10H,3,7-8H2,(H,20,21)(H,24,25). The van der Waals surface area contributed by atoms with E-state index < -0.39 is 5.97 Å². The van der Waals surface area contributed by atoms with Gasteiger partial charge in [0, 0.05) is 18.1 Å². The van der Waals surface area contributed by atoms with Crippen LogP contribution in [0.5, 0.6) is 0 Å². The molecule has 2 N–H and O–H groups in total. The molecule has 0 saturated heterocycles. The number of carboxylic acid groups (broad SMARTS) is 1. The predicted octanol–water partition coefficient (Wildman–Crippen LogP) is 4.55. The second-order valence-corrected chi connectivity index (χ2v) is 7.29. The number of aromatic carboxylic acids is 1. The molecule has 8 heteroatoms. The largest absolute Gasteiger partial charge is 0.477 e. The highest BCUT2D eigenvalue weighted by Crippen LogP contribution is 2.37. The van der Waals surface area contributed by atoms with E-state index in [4.69, 9.17) is 21.7 Å². The van der Waals surface area contributed by atoms with Gasteiger partial charge in [-0.1, -0.05) is 41.2 Å². The van der Waals surface area contributed by atoms with E-state index in [-0.39, 0.29) is 5.69 Å². The van der Waals surface area contributed by atoms with Gasteiger partial charge < -0.3 is 15.3 Å². The number of anilines is 3. The highest BCUT2D eigenvalue weighted by molar-refractivity contribution is 7.22. The Morgan fingerprint density at radius 2 is 2.15 bits per heavy atom. The molecule has 0 radical (unpaired) electrons. The second-order valence-electron chi connectivity index (χ2n) is 5.84. The fourth-order valence-corrected chi connectivity index (χ4v) is 4.14. The number of hydrogen-bond donors (Lipinski definition) is 2. The monoisotopic (exact) mass is 386 g/mol. The lowest BCUT2D eigenvalue weighted by Crippen LogP contribution is -2.26. The van der Waals surface area contributed by atoms with Crippen molar-refractivity contribution in [1.29, 1.82) is 0 Å². The van der Waals surface area contributed by atoms with Crippen molar-refractivity contribution in [2.75, 3.05) is 23.3 Å². The van der Waals surface area contributed by atoms with Crippen LogP contribution in [0.1, 0.15) is 16.9 Å². The summed E-state index contributed by atoms with van der Waals surface area (Å²) >= 11 is 7.86. The molecular formula is C18H15ClN4O2S. The minimum Gasteiger partial charge on any atom is -0.477 e. The van der Waals surface area contributed by atoms with Crippen molar-refractivity contribution in [3.63, 3.8) is 0 Å². The molecule has 0 atom stereocenters. The summed E-state index contributed by atoms with van der Waals surface area (Å²) in [4.78, 5) is 22.2. The van der Waals surface area contributed by atoms with Crippen LogP contribution in [0.15, 0.2) is 42.5 Å². The maximum Gasteiger partial charge on any atom is 0.354 e. The Labute approximate surface area is 158 Å². The third-order valence-electron chi connectivity index (χ3n) is 4.01. The number of rotatable bonds is 4. The maximum atomic E-state index is 11.1. The number of benzene rings is 1. The van der Waals surface area contributed by atoms with E-state index in [0.29, 0.717) is 16.5 Å². The lowest BCUT2D eigenvalue weighted by molar-refractivity contribution is 0.0690. The fraction of sp³-hybridized carbons (Fsp3) is 0.167. The molecule has 0 aliphatic carbocycles. The molecule has 3 aromatic rings. The van der Waals surface area contributed by atoms with Gasteiger partial charge in [0.05, 0.1) is 10.4 Å². The molecule has 0 spiro atoms. The van der Waals surface area contributed by atoms with Crippen LogP contribution >= 0.6 is 22.9 Å². The molecule has 4 rings (SSSR count). The van der Waals surface area contributed by atoms with E-state index in [0.717, 1.165) is 34.9 Å². The highest BCUT2D eigenvalue weighted by atomic mass is 35.5. The Bertz CT molecular complexity index is 1020. The summed E-state index contributed by atoms with van der Waals surface area (Å²) < 4.78 is 0.971. The summed E-state index contributed by atoms with van der Waals surface area (Å²) in [5.41, 5.74) is 1.48. The molecule has 132 valence electrons. The number of aromatic nitrogens is 2. The van der Waals surface area contributed by atoms with Crippen molar-refractivity contribution in [3.8, 4) is 0 Å². The molecule has 1 aliphatic rings. The molecule has 3 heterocycles. The molecule has 1 aliphatic heterocycles. The van der Waals surface area contributed by atoms with Gasteiger partial charge in [-0.25, -0.2) is 14.8 Å². The highest BCUT2D eigenvalue weighted by Gasteiger charge is 2.16. The van der Waals surface area contributed by atoms with Gasteiger partial charge in [-0.2, -0.15) is 0 Å². The Kier molecular flexibility index (Phi) is 4.48. The Balaban J connectivity index is 1.72. The predicted molar refractivity (Wildman–Crippen MR) is 105 cm³/mol. The normalized spacial score (nSPS) is 14.0. The Morgan fingerprint density at radius 3 is 2.92 bits per heavy atom. The zero-order valence-corrected chi connectivity index (χ0v) is 15.2. The van der Waals surface area contributed by atoms with Gasteiger partial charge >= 0.3 is 5.97 Å². The summed E-state index contributed by atoms with van der Waals surface area (Å²) in [6, 6.07) is 8.48. The van der Waals surface area contributed by atoms with Gasteiger partial charge in [-0.15, -0.1) is 0 Å². The van der Waals surface area contributed by atoms with Crippen molar-refractivity contribution in [2.45, 2.75) is 6.42 Å². The van der Waals surface area contributed by atoms with Gasteiger partial charge in [0.25, 0.3) is 0 Å². The van der Waals surface area contributed by atoms with Gasteiger partial charge in [0.1, 0.15) is 11.3 Å². The zero-order chi connectivity index (χ0) is 18.1. The van der Waals surface area contributed by atoms with E-state index in [9.17, 15) is 4.79 Å². The fourth-order valence-electron chi connectivity index (χ4n) is 2.79. The second kappa shape index (κ2) is 6.93. The van der Waals surface area contributed by atoms with Gasteiger partial charge in [-0.3, -0.25) is 0 Å². The van der Waals surface area contributed by atoms with Crippen LogP contribution in [0.25, 0.3) is 10.2 Å². The SMILES string of the molecule is O=C(O)c1cccc(Nc2cc(Cl)cc3sc(N4CC=CCC4)nc23)n1. The number of fused-ring (bicyclic) bond motifs is 1. The summed E-state index contributed by atoms with van der Waals surface area (Å²) in [6.45, 7) is 1.79. The quantitative estimate of drug-likeness (QED) is 0.640. The number of nitrogens with zero attached hydrogens (tertiary/aromatic N) is 3. The lowest BCUT2D eigenvalue weighted by Gasteiger charge is -2.22. The molecule has 1 aromatic carbocycles. The minimum absolute atomic E-state index is 0.0210. The van der Waals surface area contributed by atoms with Crippen molar-refractivity contribution in [2.24, 2.45) is 0 Å². The van der Waals surface area contributed by atoms with Crippen LogP contribution in [0.4, 0.5) is 16.6 Å². The lowest BCUT2D eigenvalue weighted by atomic mass is 10.2. The zero-order valence-electron chi connectivity index (χ0n) is 13.6. The number of halogens is 1. The topological polar surface area (TPSA) is 78.4 Å². The number of hydrogen-bond acceptors (Lipinski definition) is 6. The smallest absolute Gasteiger partial charge is 0.354 e. The summed E-state index contributed by atoms with van der Waals surface area (Å²) in [7, 11) is 0. The third kappa shape index (κ3) is 3.36. The molecule has 0 amide bonds. The van der Waals surface area contributed by atoms with E-state index in [2.05, 4.69) is 27.4 Å². The van der Waals surface area contributed by atoms with Gasteiger partial charge in [0.2, 0.25) is 0 Å². The van der Waals surface area contributed by atoms with Crippen LogP contribution in [-0.2, 0) is 0 Å². The van der Waals surface area contributed by atoms with Gasteiger partial charge in [-0.05, 0) is 30.7 Å². The van der Waals surface area contributed by atoms with E-state index in [1.165, 1.54) is 6.07 Å². The Hall–Kier alpha value is -2.64. The van der Waals surface area contributed by atoms with E-state index >= 15 is 0 Å². The first-order chi connectivity index (χ1) is 12.6. The van der Waals surface area contributed by atoms with Crippen molar-refractivity contribution < 1.29 is 9.90 Å². The maximum absolute atomic E-state index is 11.1. The van der Waals surface area contributed by atoms with Crippen molar-refractivity contribution in [3.05, 3.63) is 53.2 Å². The number of carboxylic acids is 1. The van der Waals surface area contributed by atoms with Gasteiger partial charge in [0.15, 0.2) is 10.8 Å². The number of pyridine rings is 1. The molecule has 0 bridgehead atoms. The molecule has 26 heavy (non-hydrogen) atoms. The molecule has 2 aromatic heterocycles. The molecular weight excluding hydrogens is 372 g/mol. The third-order valence-corrected chi connectivity index (χ3v) is 5.29. The van der Waals surface area contributed by atoms with Crippen LogP contribution in [0.2, 0.25) is 5.02 Å². The number of nitrogens with one attached hydrogen (secondary N) is 1. The summed E-state index contributed by atoms with van der Waals surface area (Å²) in [5, 5.41) is 13.8. The van der Waals surface area contributed by atoms with Crippen LogP contribution < -0.4 is 10.2 Å². The first-order valence-corrected chi connectivity index (χ1v) is 9.27. The van der Waals surface area contributed by atoms with Crippen LogP contribution in [0.3, 0.4) is 0 Å². The van der Waals surface area contributed by atoms with Crippen molar-refractivity contribution >= 4 is 55.8 Å². The van der Waals surface area contributed by atoms with Crippen molar-refractivity contribution in [1.82, 2.24) is 9.97 Å². The Morgan fingerprint density at radius 1 is 1.27 bits per heavy atom. The first kappa shape index (κ1) is 16.8. The molecule has 0 unspecified atom stereocenters. The van der Waals surface area contributed by atoms with E-state index in [1.807, 2.05) is 6.07 Å². The summed E-state index contributed by atoms with van der Waals surface area (Å²) in [6.07, 6.45) is 5.32.